The second-order valence-electron chi connectivity index (χ2n) is 9.09. The molecular formula is C22H28BN3O3. The van der Waals surface area contributed by atoms with E-state index in [2.05, 4.69) is 30.2 Å². The third kappa shape index (κ3) is 3.18. The van der Waals surface area contributed by atoms with E-state index in [0.717, 1.165) is 27.4 Å². The minimum absolute atomic E-state index is 0.318. The zero-order valence-corrected chi connectivity index (χ0v) is 17.8. The van der Waals surface area contributed by atoms with Crippen molar-refractivity contribution in [3.63, 3.8) is 0 Å². The largest absolute Gasteiger partial charge is 0.495 e. The van der Waals surface area contributed by atoms with E-state index in [0.29, 0.717) is 17.1 Å². The molecule has 3 aromatic rings. The Labute approximate surface area is 171 Å². The molecule has 0 unspecified atom stereocenters. The number of hydrogen-bond acceptors (Lipinski definition) is 4. The Morgan fingerprint density at radius 3 is 2.34 bits per heavy atom. The van der Waals surface area contributed by atoms with Gasteiger partial charge in [-0.2, -0.15) is 0 Å². The topological polar surface area (TPSA) is 89.4 Å². The molecule has 0 spiro atoms. The molecule has 0 bridgehead atoms. The lowest BCUT2D eigenvalue weighted by Crippen LogP contribution is -2.41. The van der Waals surface area contributed by atoms with Crippen LogP contribution in [0.2, 0.25) is 0 Å². The molecule has 152 valence electrons. The Morgan fingerprint density at radius 2 is 1.76 bits per heavy atom. The summed E-state index contributed by atoms with van der Waals surface area (Å²) in [5.74, 6) is -0.470. The van der Waals surface area contributed by atoms with Crippen molar-refractivity contribution in [2.24, 2.45) is 5.73 Å². The Balaban J connectivity index is 1.94. The predicted molar refractivity (Wildman–Crippen MR) is 119 cm³/mol. The summed E-state index contributed by atoms with van der Waals surface area (Å²) in [5.41, 5.74) is 8.74. The number of anilines is 1. The number of primary amides is 1. The highest BCUT2D eigenvalue weighted by molar-refractivity contribution is 6.66. The average molecular weight is 393 g/mol. The summed E-state index contributed by atoms with van der Waals surface area (Å²) >= 11 is 0. The summed E-state index contributed by atoms with van der Waals surface area (Å²) in [6.07, 6.45) is 0. The maximum Gasteiger partial charge on any atom is 0.495 e. The molecule has 1 saturated heterocycles. The number of nitrogens with two attached hydrogens (primary N) is 1. The third-order valence-corrected chi connectivity index (χ3v) is 6.01. The van der Waals surface area contributed by atoms with Gasteiger partial charge in [0.1, 0.15) is 0 Å². The van der Waals surface area contributed by atoms with E-state index in [1.54, 1.807) is 6.07 Å². The second kappa shape index (κ2) is 6.50. The summed E-state index contributed by atoms with van der Waals surface area (Å²) in [7, 11) is -0.531. The van der Waals surface area contributed by atoms with Gasteiger partial charge >= 0.3 is 7.12 Å². The van der Waals surface area contributed by atoms with Crippen LogP contribution in [0.25, 0.3) is 21.8 Å². The molecule has 29 heavy (non-hydrogen) atoms. The van der Waals surface area contributed by atoms with E-state index in [1.165, 1.54) is 0 Å². The first-order chi connectivity index (χ1) is 13.5. The van der Waals surface area contributed by atoms with E-state index >= 15 is 0 Å². The van der Waals surface area contributed by atoms with Gasteiger partial charge in [-0.05, 0) is 65.2 Å². The first-order valence-corrected chi connectivity index (χ1v) is 10.0. The number of aromatic nitrogens is 1. The quantitative estimate of drug-likeness (QED) is 0.592. The van der Waals surface area contributed by atoms with Crippen LogP contribution < -0.4 is 16.5 Å². The number of carbonyl (C=O) groups excluding carboxylic acids is 1. The van der Waals surface area contributed by atoms with E-state index < -0.39 is 24.2 Å². The molecule has 2 heterocycles. The minimum atomic E-state index is -0.531. The molecule has 7 heteroatoms. The molecular weight excluding hydrogens is 365 g/mol. The molecule has 0 aliphatic carbocycles. The van der Waals surface area contributed by atoms with Crippen LogP contribution in [0.1, 0.15) is 51.9 Å². The van der Waals surface area contributed by atoms with Gasteiger partial charge in [-0.3, -0.25) is 4.79 Å². The number of amides is 1. The summed E-state index contributed by atoms with van der Waals surface area (Å²) < 4.78 is 12.6. The molecule has 0 atom stereocenters. The van der Waals surface area contributed by atoms with E-state index in [1.807, 2.05) is 45.9 Å². The number of hydrogen-bond donors (Lipinski definition) is 3. The van der Waals surface area contributed by atoms with Gasteiger partial charge in [0.15, 0.2) is 0 Å². The van der Waals surface area contributed by atoms with Gasteiger partial charge in [-0.1, -0.05) is 12.1 Å². The van der Waals surface area contributed by atoms with Gasteiger partial charge in [-0.15, -0.1) is 0 Å². The van der Waals surface area contributed by atoms with Crippen LogP contribution in [-0.4, -0.2) is 35.3 Å². The van der Waals surface area contributed by atoms with Crippen LogP contribution in [0.4, 0.5) is 5.69 Å². The molecule has 1 aromatic heterocycles. The SMILES string of the molecule is CC(C)Nc1ccc2c(c1)[nH]c1c(C(N)=O)ccc(B3OC(C)(C)C(C)(C)O3)c12. The van der Waals surface area contributed by atoms with Gasteiger partial charge in [0, 0.05) is 28.0 Å². The molecule has 2 aromatic carbocycles. The first-order valence-electron chi connectivity index (χ1n) is 10.0. The average Bonchev–Trinajstić information content (AvgIpc) is 3.07. The Hall–Kier alpha value is -2.51. The number of carbonyl (C=O) groups is 1. The number of nitrogens with one attached hydrogen (secondary N) is 2. The third-order valence-electron chi connectivity index (χ3n) is 6.01. The lowest BCUT2D eigenvalue weighted by molar-refractivity contribution is 0.00578. The van der Waals surface area contributed by atoms with Gasteiger partial charge in [-0.25, -0.2) is 0 Å². The normalized spacial score (nSPS) is 18.1. The van der Waals surface area contributed by atoms with Crippen LogP contribution in [-0.2, 0) is 9.31 Å². The molecule has 1 aliphatic heterocycles. The number of aromatic amines is 1. The Bertz CT molecular complexity index is 1100. The Morgan fingerprint density at radius 1 is 1.10 bits per heavy atom. The summed E-state index contributed by atoms with van der Waals surface area (Å²) in [5, 5.41) is 5.32. The van der Waals surface area contributed by atoms with Crippen LogP contribution in [0.3, 0.4) is 0 Å². The molecule has 1 fully saturated rings. The van der Waals surface area contributed by atoms with Crippen molar-refractivity contribution in [1.82, 2.24) is 4.98 Å². The van der Waals surface area contributed by atoms with Crippen molar-refractivity contribution in [2.75, 3.05) is 5.32 Å². The van der Waals surface area contributed by atoms with Crippen LogP contribution in [0.5, 0.6) is 0 Å². The van der Waals surface area contributed by atoms with Crippen LogP contribution >= 0.6 is 0 Å². The lowest BCUT2D eigenvalue weighted by atomic mass is 9.76. The van der Waals surface area contributed by atoms with E-state index in [9.17, 15) is 4.79 Å². The van der Waals surface area contributed by atoms with E-state index in [4.69, 9.17) is 15.0 Å². The van der Waals surface area contributed by atoms with Crippen molar-refractivity contribution < 1.29 is 14.1 Å². The number of benzene rings is 2. The molecule has 1 amide bonds. The molecule has 1 aliphatic rings. The summed E-state index contributed by atoms with van der Waals surface area (Å²) in [6, 6.07) is 10.1. The highest BCUT2D eigenvalue weighted by Crippen LogP contribution is 2.38. The van der Waals surface area contributed by atoms with Gasteiger partial charge in [0.25, 0.3) is 5.91 Å². The fourth-order valence-electron chi connectivity index (χ4n) is 3.83. The maximum atomic E-state index is 12.1. The molecule has 6 nitrogen and oxygen atoms in total. The minimum Gasteiger partial charge on any atom is -0.399 e. The van der Waals surface area contributed by atoms with Crippen molar-refractivity contribution in [3.8, 4) is 0 Å². The zero-order valence-electron chi connectivity index (χ0n) is 17.8. The van der Waals surface area contributed by atoms with Crippen molar-refractivity contribution >= 4 is 46.0 Å². The fraction of sp³-hybridized carbons (Fsp3) is 0.409. The van der Waals surface area contributed by atoms with Gasteiger partial charge in [0.05, 0.1) is 22.3 Å². The van der Waals surface area contributed by atoms with Crippen molar-refractivity contribution in [3.05, 3.63) is 35.9 Å². The van der Waals surface area contributed by atoms with Crippen molar-refractivity contribution in [2.45, 2.75) is 58.8 Å². The molecule has 0 radical (unpaired) electrons. The monoisotopic (exact) mass is 393 g/mol. The highest BCUT2D eigenvalue weighted by Gasteiger charge is 2.52. The van der Waals surface area contributed by atoms with Gasteiger partial charge < -0.3 is 25.3 Å². The molecule has 4 rings (SSSR count). The predicted octanol–water partition coefficient (Wildman–Crippen LogP) is 3.54. The first kappa shape index (κ1) is 19.8. The van der Waals surface area contributed by atoms with Crippen LogP contribution in [0, 0.1) is 0 Å². The molecule has 0 saturated carbocycles. The van der Waals surface area contributed by atoms with Crippen molar-refractivity contribution in [1.29, 1.82) is 0 Å². The van der Waals surface area contributed by atoms with Gasteiger partial charge in [0.2, 0.25) is 0 Å². The summed E-state index contributed by atoms with van der Waals surface area (Å²) in [4.78, 5) is 15.5. The highest BCUT2D eigenvalue weighted by atomic mass is 16.7. The smallest absolute Gasteiger partial charge is 0.399 e. The number of fused-ring (bicyclic) bond motifs is 3. The standard InChI is InChI=1S/C22H28BN3O3/c1-12(2)25-13-7-8-14-17(11-13)26-19-15(20(24)27)9-10-16(18(14)19)23-28-21(3,4)22(5,6)29-23/h7-12,25-26H,1-6H3,(H2,24,27). The Kier molecular flexibility index (Phi) is 4.44. The molecule has 4 N–H and O–H groups in total. The lowest BCUT2D eigenvalue weighted by Gasteiger charge is -2.32. The maximum absolute atomic E-state index is 12.1. The zero-order chi connectivity index (χ0) is 21.1. The number of H-pyrrole nitrogens is 1. The fourth-order valence-corrected chi connectivity index (χ4v) is 3.83. The second-order valence-corrected chi connectivity index (χ2v) is 9.09. The summed E-state index contributed by atoms with van der Waals surface area (Å²) in [6.45, 7) is 12.3. The van der Waals surface area contributed by atoms with Crippen LogP contribution in [0.15, 0.2) is 30.3 Å². The number of rotatable bonds is 4. The van der Waals surface area contributed by atoms with E-state index in [-0.39, 0.29) is 0 Å².